The molecule has 8 heteroatoms. The molecule has 1 aromatic carbocycles. The van der Waals surface area contributed by atoms with Crippen LogP contribution in [-0.2, 0) is 4.74 Å². The second kappa shape index (κ2) is 7.06. The van der Waals surface area contributed by atoms with Gasteiger partial charge in [-0.25, -0.2) is 0 Å². The molecule has 1 aliphatic heterocycles. The Labute approximate surface area is 126 Å². The average Bonchev–Trinajstić information content (AvgIpc) is 2.50. The number of aliphatic imine (C=N–C) groups is 1. The molecule has 1 aliphatic rings. The van der Waals surface area contributed by atoms with Crippen LogP contribution in [0.25, 0.3) is 0 Å². The monoisotopic (exact) mass is 313 g/mol. The summed E-state index contributed by atoms with van der Waals surface area (Å²) in [4.78, 5) is 3.78. The van der Waals surface area contributed by atoms with Crippen molar-refractivity contribution in [2.45, 2.75) is 30.7 Å². The zero-order valence-electron chi connectivity index (χ0n) is 10.9. The van der Waals surface area contributed by atoms with Gasteiger partial charge in [-0.05, 0) is 36.5 Å². The molecule has 1 saturated heterocycles. The molecule has 1 aromatic rings. The Balaban J connectivity index is 2.08. The summed E-state index contributed by atoms with van der Waals surface area (Å²) in [6, 6.07) is 6.40. The predicted octanol–water partition coefficient (Wildman–Crippen LogP) is -0.400. The molecule has 0 bridgehead atoms. The summed E-state index contributed by atoms with van der Waals surface area (Å²) >= 11 is 4.49. The van der Waals surface area contributed by atoms with Gasteiger partial charge in [0.1, 0.15) is 30.2 Å². The van der Waals surface area contributed by atoms with Crippen LogP contribution in [0.5, 0.6) is 5.75 Å². The number of isothiocyanates is 1. The maximum atomic E-state index is 9.84. The Hall–Kier alpha value is -1.38. The van der Waals surface area contributed by atoms with E-state index in [1.165, 1.54) is 0 Å². The largest absolute Gasteiger partial charge is 0.462 e. The van der Waals surface area contributed by atoms with Gasteiger partial charge in [-0.2, -0.15) is 4.99 Å². The summed E-state index contributed by atoms with van der Waals surface area (Å²) in [5.74, 6) is 0.364. The topological polar surface area (TPSA) is 112 Å². The molecule has 7 nitrogen and oxygen atoms in total. The number of aliphatic hydroxyl groups is 4. The van der Waals surface area contributed by atoms with Gasteiger partial charge in [0.25, 0.3) is 0 Å². The Morgan fingerprint density at radius 1 is 1.14 bits per heavy atom. The highest BCUT2D eigenvalue weighted by Crippen LogP contribution is 2.25. The molecule has 0 amide bonds. The van der Waals surface area contributed by atoms with Gasteiger partial charge < -0.3 is 29.9 Å². The molecule has 0 radical (unpaired) electrons. The number of thiocarbonyl (C=S) groups is 1. The highest BCUT2D eigenvalue weighted by Gasteiger charge is 2.44. The van der Waals surface area contributed by atoms with Gasteiger partial charge in [0, 0.05) is 0 Å². The van der Waals surface area contributed by atoms with Crippen LogP contribution < -0.4 is 4.74 Å². The molecule has 0 saturated carbocycles. The van der Waals surface area contributed by atoms with E-state index < -0.39 is 37.3 Å². The zero-order chi connectivity index (χ0) is 15.4. The standard InChI is InChI=1S/C13H15NO6S/c15-5-9-10(16)11(17)12(18)13(20-9)19-8-3-1-7(2-4-8)14-6-21/h1-4,9-13,15-18H,5H2/t9?,10-,11+,12+,13-/m0/s1. The van der Waals surface area contributed by atoms with Crippen LogP contribution in [0.15, 0.2) is 29.3 Å². The minimum Gasteiger partial charge on any atom is -0.462 e. The minimum absolute atomic E-state index is 0.364. The van der Waals surface area contributed by atoms with E-state index in [1.807, 2.05) is 0 Å². The number of hydrogen-bond donors (Lipinski definition) is 4. The lowest BCUT2D eigenvalue weighted by atomic mass is 9.99. The van der Waals surface area contributed by atoms with Crippen molar-refractivity contribution in [2.24, 2.45) is 4.99 Å². The van der Waals surface area contributed by atoms with Gasteiger partial charge in [0.15, 0.2) is 0 Å². The molecule has 21 heavy (non-hydrogen) atoms. The highest BCUT2D eigenvalue weighted by molar-refractivity contribution is 7.78. The smallest absolute Gasteiger partial charge is 0.229 e. The first-order chi connectivity index (χ1) is 10.1. The van der Waals surface area contributed by atoms with Crippen molar-refractivity contribution in [1.82, 2.24) is 0 Å². The summed E-state index contributed by atoms with van der Waals surface area (Å²) in [6.07, 6.45) is -6.54. The number of ether oxygens (including phenoxy) is 2. The Morgan fingerprint density at radius 2 is 1.81 bits per heavy atom. The van der Waals surface area contributed by atoms with Crippen LogP contribution >= 0.6 is 12.2 Å². The maximum Gasteiger partial charge on any atom is 0.229 e. The molecule has 1 fully saturated rings. The number of benzene rings is 1. The van der Waals surface area contributed by atoms with E-state index in [-0.39, 0.29) is 0 Å². The summed E-state index contributed by atoms with van der Waals surface area (Å²) in [5.41, 5.74) is 0.589. The lowest BCUT2D eigenvalue weighted by molar-refractivity contribution is -0.277. The Bertz CT molecular complexity index is 516. The normalized spacial score (nSPS) is 32.3. The van der Waals surface area contributed by atoms with E-state index in [2.05, 4.69) is 22.4 Å². The van der Waals surface area contributed by atoms with Crippen molar-refractivity contribution >= 4 is 23.1 Å². The van der Waals surface area contributed by atoms with Crippen molar-refractivity contribution in [2.75, 3.05) is 6.61 Å². The van der Waals surface area contributed by atoms with Crippen molar-refractivity contribution in [1.29, 1.82) is 0 Å². The summed E-state index contributed by atoms with van der Waals surface area (Å²) in [5, 5.41) is 40.5. The van der Waals surface area contributed by atoms with Gasteiger partial charge in [-0.3, -0.25) is 0 Å². The fourth-order valence-corrected chi connectivity index (χ4v) is 2.06. The summed E-state index contributed by atoms with van der Waals surface area (Å²) < 4.78 is 10.6. The zero-order valence-corrected chi connectivity index (χ0v) is 11.7. The number of nitrogens with zero attached hydrogens (tertiary/aromatic N) is 1. The van der Waals surface area contributed by atoms with Crippen molar-refractivity contribution in [3.63, 3.8) is 0 Å². The quantitative estimate of drug-likeness (QED) is 0.442. The van der Waals surface area contributed by atoms with E-state index >= 15 is 0 Å². The minimum atomic E-state index is -1.47. The SMILES string of the molecule is OCC1O[C@H](Oc2ccc(N=C=S)cc2)[C@H](O)[C@H](O)[C@H]1O. The fraction of sp³-hybridized carbons (Fsp3) is 0.462. The van der Waals surface area contributed by atoms with E-state index in [1.54, 1.807) is 24.3 Å². The van der Waals surface area contributed by atoms with Crippen LogP contribution in [0.2, 0.25) is 0 Å². The molecule has 1 unspecified atom stereocenters. The van der Waals surface area contributed by atoms with Crippen molar-refractivity contribution in [3.05, 3.63) is 24.3 Å². The van der Waals surface area contributed by atoms with Gasteiger partial charge in [0.2, 0.25) is 6.29 Å². The first-order valence-electron chi connectivity index (χ1n) is 6.22. The first kappa shape index (κ1) is 16.0. The van der Waals surface area contributed by atoms with Crippen LogP contribution in [0.3, 0.4) is 0 Å². The number of aliphatic hydroxyl groups excluding tert-OH is 4. The van der Waals surface area contributed by atoms with Gasteiger partial charge in [-0.1, -0.05) is 0 Å². The Morgan fingerprint density at radius 3 is 2.38 bits per heavy atom. The lowest BCUT2D eigenvalue weighted by Gasteiger charge is -2.39. The van der Waals surface area contributed by atoms with Gasteiger partial charge >= 0.3 is 0 Å². The van der Waals surface area contributed by atoms with Crippen LogP contribution in [0, 0.1) is 0 Å². The van der Waals surface area contributed by atoms with Crippen molar-refractivity contribution < 1.29 is 29.9 Å². The van der Waals surface area contributed by atoms with E-state index in [0.717, 1.165) is 0 Å². The average molecular weight is 313 g/mol. The molecular formula is C13H15NO6S. The molecule has 0 aromatic heterocycles. The third kappa shape index (κ3) is 3.63. The van der Waals surface area contributed by atoms with E-state index in [9.17, 15) is 15.3 Å². The van der Waals surface area contributed by atoms with Crippen molar-refractivity contribution in [3.8, 4) is 5.75 Å². The fourth-order valence-electron chi connectivity index (χ4n) is 1.95. The highest BCUT2D eigenvalue weighted by atomic mass is 32.1. The molecular weight excluding hydrogens is 298 g/mol. The Kier molecular flexibility index (Phi) is 5.38. The summed E-state index contributed by atoms with van der Waals surface area (Å²) in [7, 11) is 0. The van der Waals surface area contributed by atoms with Gasteiger partial charge in [0.05, 0.1) is 17.5 Å². The molecule has 4 N–H and O–H groups in total. The molecule has 114 valence electrons. The third-order valence-corrected chi connectivity index (χ3v) is 3.20. The second-order valence-electron chi connectivity index (χ2n) is 4.51. The number of hydrogen-bond acceptors (Lipinski definition) is 8. The van der Waals surface area contributed by atoms with E-state index in [4.69, 9.17) is 14.6 Å². The predicted molar refractivity (Wildman–Crippen MR) is 75.5 cm³/mol. The second-order valence-corrected chi connectivity index (χ2v) is 4.69. The molecule has 5 atom stereocenters. The van der Waals surface area contributed by atoms with Crippen LogP contribution in [0.4, 0.5) is 5.69 Å². The molecule has 0 spiro atoms. The van der Waals surface area contributed by atoms with E-state index in [0.29, 0.717) is 11.4 Å². The maximum absolute atomic E-state index is 9.84. The molecule has 1 heterocycles. The third-order valence-electron chi connectivity index (χ3n) is 3.11. The van der Waals surface area contributed by atoms with Gasteiger partial charge in [-0.15, -0.1) is 0 Å². The van der Waals surface area contributed by atoms with Crippen LogP contribution in [-0.4, -0.2) is 62.9 Å². The molecule has 0 aliphatic carbocycles. The lowest BCUT2D eigenvalue weighted by Crippen LogP contribution is -2.60. The first-order valence-corrected chi connectivity index (χ1v) is 6.62. The van der Waals surface area contributed by atoms with Crippen LogP contribution in [0.1, 0.15) is 0 Å². The molecule has 2 rings (SSSR count). The summed E-state index contributed by atoms with van der Waals surface area (Å²) in [6.45, 7) is -0.507. The number of rotatable bonds is 4.